The molecule has 0 saturated carbocycles. The molecular weight excluding hydrogens is 386 g/mol. The number of benzene rings is 2. The lowest BCUT2D eigenvalue weighted by Gasteiger charge is -2.14. The van der Waals surface area contributed by atoms with Gasteiger partial charge in [0, 0.05) is 29.9 Å². The van der Waals surface area contributed by atoms with Crippen LogP contribution in [0.25, 0.3) is 17.2 Å². The van der Waals surface area contributed by atoms with E-state index >= 15 is 0 Å². The minimum atomic E-state index is -0.471. The highest BCUT2D eigenvalue weighted by molar-refractivity contribution is 6.31. The number of fused-ring (bicyclic) bond motifs is 3. The maximum atomic E-state index is 12.1. The van der Waals surface area contributed by atoms with Crippen molar-refractivity contribution < 1.29 is 9.53 Å². The topological polar surface area (TPSA) is 77.2 Å². The fraction of sp³-hybridized carbons (Fsp3) is 0.130. The second-order valence-electron chi connectivity index (χ2n) is 6.71. The molecular formula is C23H20ClN3O2. The third kappa shape index (κ3) is 3.96. The first-order valence-corrected chi connectivity index (χ1v) is 9.68. The smallest absolute Gasteiger partial charge is 0.407 e. The molecule has 6 heteroatoms. The summed E-state index contributed by atoms with van der Waals surface area (Å²) in [6.45, 7) is 0.576. The number of nitrogens with two attached hydrogens (primary N) is 1. The first-order valence-electron chi connectivity index (χ1n) is 9.30. The van der Waals surface area contributed by atoms with Crippen LogP contribution in [-0.4, -0.2) is 24.2 Å². The molecule has 3 N–H and O–H groups in total. The highest BCUT2D eigenvalue weighted by atomic mass is 35.5. The molecule has 1 aliphatic carbocycles. The Balaban J connectivity index is 1.35. The van der Waals surface area contributed by atoms with E-state index in [1.807, 2.05) is 24.3 Å². The summed E-state index contributed by atoms with van der Waals surface area (Å²) in [4.78, 5) is 16.1. The molecule has 0 saturated heterocycles. The summed E-state index contributed by atoms with van der Waals surface area (Å²) < 4.78 is 5.49. The Morgan fingerprint density at radius 1 is 1.10 bits per heavy atom. The van der Waals surface area contributed by atoms with E-state index in [2.05, 4.69) is 34.6 Å². The monoisotopic (exact) mass is 405 g/mol. The highest BCUT2D eigenvalue weighted by Gasteiger charge is 2.28. The number of nitrogen functional groups attached to an aromatic ring is 1. The third-order valence-corrected chi connectivity index (χ3v) is 5.27. The van der Waals surface area contributed by atoms with E-state index in [9.17, 15) is 4.79 Å². The molecule has 1 aliphatic rings. The Bertz CT molecular complexity index is 1020. The SMILES string of the molecule is Nc1ccnc(Cl)c1C=CCNC(=O)OCC1c2ccccc2-c2ccccc21. The average molecular weight is 406 g/mol. The van der Waals surface area contributed by atoms with Gasteiger partial charge in [0.15, 0.2) is 0 Å². The fourth-order valence-electron chi connectivity index (χ4n) is 3.59. The van der Waals surface area contributed by atoms with Crippen molar-refractivity contribution in [3.05, 3.63) is 88.7 Å². The molecule has 0 bridgehead atoms. The Morgan fingerprint density at radius 3 is 2.41 bits per heavy atom. The Hall–Kier alpha value is -3.31. The van der Waals surface area contributed by atoms with Gasteiger partial charge in [0.2, 0.25) is 0 Å². The van der Waals surface area contributed by atoms with Gasteiger partial charge in [-0.2, -0.15) is 0 Å². The van der Waals surface area contributed by atoms with E-state index in [1.165, 1.54) is 22.3 Å². The fourth-order valence-corrected chi connectivity index (χ4v) is 3.82. The lowest BCUT2D eigenvalue weighted by atomic mass is 9.98. The van der Waals surface area contributed by atoms with Gasteiger partial charge in [0.25, 0.3) is 0 Å². The lowest BCUT2D eigenvalue weighted by molar-refractivity contribution is 0.144. The molecule has 3 aromatic rings. The standard InChI is InChI=1S/C23H20ClN3O2/c24-22-19(21(25)11-13-26-22)10-5-12-27-23(28)29-14-20-17-8-3-1-6-15(17)16-7-2-4-9-18(16)20/h1-11,13,20H,12,14H2,(H2,25,26)(H,27,28). The van der Waals surface area contributed by atoms with Crippen LogP contribution in [0.15, 0.2) is 66.9 Å². The van der Waals surface area contributed by atoms with E-state index in [0.717, 1.165) is 0 Å². The van der Waals surface area contributed by atoms with Crippen LogP contribution in [0.5, 0.6) is 0 Å². The van der Waals surface area contributed by atoms with Crippen LogP contribution < -0.4 is 11.1 Å². The van der Waals surface area contributed by atoms with Gasteiger partial charge in [-0.05, 0) is 28.3 Å². The summed E-state index contributed by atoms with van der Waals surface area (Å²) in [6, 6.07) is 18.1. The number of hydrogen-bond acceptors (Lipinski definition) is 4. The lowest BCUT2D eigenvalue weighted by Crippen LogP contribution is -2.26. The largest absolute Gasteiger partial charge is 0.449 e. The number of hydrogen-bond donors (Lipinski definition) is 2. The molecule has 4 rings (SSSR count). The van der Waals surface area contributed by atoms with Gasteiger partial charge in [-0.25, -0.2) is 9.78 Å². The van der Waals surface area contributed by atoms with E-state index in [-0.39, 0.29) is 12.5 Å². The summed E-state index contributed by atoms with van der Waals surface area (Å²) in [7, 11) is 0. The number of aromatic nitrogens is 1. The molecule has 0 fully saturated rings. The minimum absolute atomic E-state index is 0.0395. The number of nitrogens with one attached hydrogen (secondary N) is 1. The molecule has 0 radical (unpaired) electrons. The molecule has 0 spiro atoms. The first-order chi connectivity index (χ1) is 14.1. The molecule has 29 heavy (non-hydrogen) atoms. The van der Waals surface area contributed by atoms with Crippen molar-refractivity contribution in [3.63, 3.8) is 0 Å². The molecule has 146 valence electrons. The minimum Gasteiger partial charge on any atom is -0.449 e. The average Bonchev–Trinajstić information content (AvgIpc) is 3.05. The third-order valence-electron chi connectivity index (χ3n) is 4.97. The Labute approximate surface area is 174 Å². The molecule has 1 heterocycles. The molecule has 0 unspecified atom stereocenters. The van der Waals surface area contributed by atoms with E-state index in [1.54, 1.807) is 24.4 Å². The predicted molar refractivity (Wildman–Crippen MR) is 116 cm³/mol. The van der Waals surface area contributed by atoms with Crippen molar-refractivity contribution in [2.24, 2.45) is 0 Å². The number of amides is 1. The van der Waals surface area contributed by atoms with Gasteiger partial charge in [0.05, 0.1) is 0 Å². The van der Waals surface area contributed by atoms with Crippen LogP contribution in [0.3, 0.4) is 0 Å². The van der Waals surface area contributed by atoms with Crippen molar-refractivity contribution in [1.82, 2.24) is 10.3 Å². The van der Waals surface area contributed by atoms with Crippen LogP contribution in [-0.2, 0) is 4.74 Å². The summed E-state index contributed by atoms with van der Waals surface area (Å²) in [5.41, 5.74) is 11.8. The Morgan fingerprint density at radius 2 is 1.76 bits per heavy atom. The van der Waals surface area contributed by atoms with Crippen LogP contribution in [0.4, 0.5) is 10.5 Å². The van der Waals surface area contributed by atoms with Gasteiger partial charge in [-0.3, -0.25) is 0 Å². The summed E-state index contributed by atoms with van der Waals surface area (Å²) >= 11 is 6.02. The van der Waals surface area contributed by atoms with Crippen LogP contribution in [0.1, 0.15) is 22.6 Å². The number of nitrogens with zero attached hydrogens (tertiary/aromatic N) is 1. The number of rotatable bonds is 5. The van der Waals surface area contributed by atoms with Crippen molar-refractivity contribution >= 4 is 29.5 Å². The molecule has 5 nitrogen and oxygen atoms in total. The number of carbonyl (C=O) groups excluding carboxylic acids is 1. The van der Waals surface area contributed by atoms with E-state index in [4.69, 9.17) is 22.1 Å². The van der Waals surface area contributed by atoms with Gasteiger partial charge < -0.3 is 15.8 Å². The van der Waals surface area contributed by atoms with Crippen molar-refractivity contribution in [3.8, 4) is 11.1 Å². The predicted octanol–water partition coefficient (Wildman–Crippen LogP) is 4.87. The second kappa shape index (κ2) is 8.37. The van der Waals surface area contributed by atoms with E-state index < -0.39 is 6.09 Å². The number of halogens is 1. The van der Waals surface area contributed by atoms with Crippen LogP contribution in [0, 0.1) is 0 Å². The normalized spacial score (nSPS) is 12.6. The van der Waals surface area contributed by atoms with Crippen LogP contribution in [0.2, 0.25) is 5.15 Å². The molecule has 2 aromatic carbocycles. The van der Waals surface area contributed by atoms with Gasteiger partial charge in [-0.1, -0.05) is 72.3 Å². The second-order valence-corrected chi connectivity index (χ2v) is 7.07. The molecule has 0 atom stereocenters. The highest BCUT2D eigenvalue weighted by Crippen LogP contribution is 2.44. The molecule has 1 aromatic heterocycles. The number of alkyl carbamates (subject to hydrolysis) is 1. The van der Waals surface area contributed by atoms with Crippen molar-refractivity contribution in [2.75, 3.05) is 18.9 Å². The van der Waals surface area contributed by atoms with E-state index in [0.29, 0.717) is 22.9 Å². The quantitative estimate of drug-likeness (QED) is 0.593. The molecule has 1 amide bonds. The van der Waals surface area contributed by atoms with Crippen molar-refractivity contribution in [2.45, 2.75) is 5.92 Å². The van der Waals surface area contributed by atoms with Crippen molar-refractivity contribution in [1.29, 1.82) is 0 Å². The summed E-state index contributed by atoms with van der Waals surface area (Å²) in [5, 5.41) is 3.03. The zero-order valence-corrected chi connectivity index (χ0v) is 16.4. The molecule has 0 aliphatic heterocycles. The first kappa shape index (κ1) is 19.0. The summed E-state index contributed by atoms with van der Waals surface area (Å²) in [5.74, 6) is 0.0395. The Kier molecular flexibility index (Phi) is 5.49. The maximum Gasteiger partial charge on any atom is 0.407 e. The number of anilines is 1. The van der Waals surface area contributed by atoms with Gasteiger partial charge in [-0.15, -0.1) is 0 Å². The number of carbonyl (C=O) groups is 1. The number of pyridine rings is 1. The van der Waals surface area contributed by atoms with Gasteiger partial charge in [0.1, 0.15) is 11.8 Å². The zero-order valence-electron chi connectivity index (χ0n) is 15.6. The maximum absolute atomic E-state index is 12.1. The summed E-state index contributed by atoms with van der Waals surface area (Å²) in [6.07, 6.45) is 4.56. The zero-order chi connectivity index (χ0) is 20.2. The number of ether oxygens (including phenoxy) is 1. The van der Waals surface area contributed by atoms with Gasteiger partial charge >= 0.3 is 6.09 Å². The van der Waals surface area contributed by atoms with Crippen LogP contribution >= 0.6 is 11.6 Å².